The summed E-state index contributed by atoms with van der Waals surface area (Å²) in [6, 6.07) is 12.5. The number of carbonyl (C=O) groups excluding carboxylic acids is 2. The van der Waals surface area contributed by atoms with Crippen LogP contribution in [0.25, 0.3) is 10.9 Å². The number of carboxylic acid groups (broad SMARTS) is 2. The van der Waals surface area contributed by atoms with E-state index in [1.54, 1.807) is 18.2 Å². The molecule has 3 aromatic rings. The van der Waals surface area contributed by atoms with E-state index in [0.717, 1.165) is 10.9 Å². The Balaban J connectivity index is 1.94. The van der Waals surface area contributed by atoms with Crippen molar-refractivity contribution in [2.24, 2.45) is 0 Å². The second-order valence-corrected chi connectivity index (χ2v) is 10.1. The zero-order chi connectivity index (χ0) is 30.2. The van der Waals surface area contributed by atoms with E-state index < -0.39 is 29.9 Å². The van der Waals surface area contributed by atoms with Crippen LogP contribution in [0.5, 0.6) is 11.5 Å². The van der Waals surface area contributed by atoms with Gasteiger partial charge in [-0.1, -0.05) is 18.2 Å². The number of nitrogens with zero attached hydrogens (tertiary/aromatic N) is 1. The van der Waals surface area contributed by atoms with Crippen LogP contribution < -0.4 is 20.1 Å². The Morgan fingerprint density at radius 3 is 2.20 bits per heavy atom. The average molecular weight is 568 g/mol. The summed E-state index contributed by atoms with van der Waals surface area (Å²) in [5, 5.41) is 25.0. The lowest BCUT2D eigenvalue weighted by molar-refractivity contribution is -0.138. The summed E-state index contributed by atoms with van der Waals surface area (Å²) in [6.07, 6.45) is 1.09. The molecule has 3 rings (SSSR count). The molecule has 0 aliphatic carbocycles. The highest BCUT2D eigenvalue weighted by Gasteiger charge is 2.36. The number of hydrogen-bond acceptors (Lipinski definition) is 6. The molecule has 41 heavy (non-hydrogen) atoms. The van der Waals surface area contributed by atoms with Crippen LogP contribution in [0.15, 0.2) is 42.5 Å². The lowest BCUT2D eigenvalue weighted by atomic mass is 9.84. The third kappa shape index (κ3) is 7.77. The number of nitrogens with one attached hydrogen (secondary N) is 2. The number of methoxy groups -OCH3 is 2. The number of ether oxygens (including phenoxy) is 2. The average Bonchev–Trinajstić information content (AvgIpc) is 3.28. The van der Waals surface area contributed by atoms with Crippen molar-refractivity contribution in [1.82, 2.24) is 15.2 Å². The summed E-state index contributed by atoms with van der Waals surface area (Å²) in [7, 11) is 3.06. The van der Waals surface area contributed by atoms with Gasteiger partial charge in [0, 0.05) is 30.3 Å². The van der Waals surface area contributed by atoms with E-state index in [9.17, 15) is 24.3 Å². The first-order chi connectivity index (χ1) is 19.5. The van der Waals surface area contributed by atoms with Crippen molar-refractivity contribution >= 4 is 34.7 Å². The second-order valence-electron chi connectivity index (χ2n) is 10.1. The van der Waals surface area contributed by atoms with Crippen LogP contribution in [-0.2, 0) is 26.5 Å². The molecular formula is C30H37N3O8. The van der Waals surface area contributed by atoms with Crippen molar-refractivity contribution in [3.63, 3.8) is 0 Å². The zero-order valence-electron chi connectivity index (χ0n) is 23.8. The molecule has 0 bridgehead atoms. The Kier molecular flexibility index (Phi) is 10.3. The largest absolute Gasteiger partial charge is 0.496 e. The number of aryl methyl sites for hydroxylation is 1. The Morgan fingerprint density at radius 1 is 0.927 bits per heavy atom. The Hall–Kier alpha value is -4.54. The molecule has 1 heterocycles. The van der Waals surface area contributed by atoms with Crippen LogP contribution in [0.4, 0.5) is 0 Å². The van der Waals surface area contributed by atoms with Gasteiger partial charge in [-0.2, -0.15) is 0 Å². The first-order valence-corrected chi connectivity index (χ1v) is 13.3. The summed E-state index contributed by atoms with van der Waals surface area (Å²) in [4.78, 5) is 48.4. The number of rotatable bonds is 15. The van der Waals surface area contributed by atoms with Crippen molar-refractivity contribution in [3.05, 3.63) is 59.3 Å². The molecule has 0 spiro atoms. The quantitative estimate of drug-likeness (QED) is 0.202. The van der Waals surface area contributed by atoms with E-state index in [2.05, 4.69) is 10.6 Å². The van der Waals surface area contributed by atoms with E-state index in [0.29, 0.717) is 42.0 Å². The van der Waals surface area contributed by atoms with E-state index in [1.807, 2.05) is 38.1 Å². The van der Waals surface area contributed by atoms with Gasteiger partial charge in [-0.05, 0) is 62.9 Å². The maximum absolute atomic E-state index is 13.9. The van der Waals surface area contributed by atoms with Crippen LogP contribution in [0.3, 0.4) is 0 Å². The predicted octanol–water partition coefficient (Wildman–Crippen LogP) is 3.85. The van der Waals surface area contributed by atoms with Gasteiger partial charge in [-0.15, -0.1) is 0 Å². The molecule has 220 valence electrons. The predicted molar refractivity (Wildman–Crippen MR) is 152 cm³/mol. The summed E-state index contributed by atoms with van der Waals surface area (Å²) in [5.74, 6) is -1.74. The van der Waals surface area contributed by atoms with Crippen molar-refractivity contribution in [2.45, 2.75) is 58.0 Å². The first kappa shape index (κ1) is 31.0. The third-order valence-corrected chi connectivity index (χ3v) is 6.90. The normalized spacial score (nSPS) is 12.4. The second kappa shape index (κ2) is 13.7. The van der Waals surface area contributed by atoms with Crippen LogP contribution >= 0.6 is 0 Å². The minimum absolute atomic E-state index is 0.0802. The Morgan fingerprint density at radius 2 is 1.59 bits per heavy atom. The highest BCUT2D eigenvalue weighted by molar-refractivity contribution is 5.99. The molecule has 2 amide bonds. The zero-order valence-corrected chi connectivity index (χ0v) is 23.8. The third-order valence-electron chi connectivity index (χ3n) is 6.90. The minimum Gasteiger partial charge on any atom is -0.496 e. The minimum atomic E-state index is -1.08. The summed E-state index contributed by atoms with van der Waals surface area (Å²) in [6.45, 7) is 3.64. The van der Waals surface area contributed by atoms with Gasteiger partial charge in [0.2, 0.25) is 5.91 Å². The molecule has 1 atom stereocenters. The Labute approximate surface area is 238 Å². The molecule has 2 aromatic carbocycles. The molecule has 0 fully saturated rings. The van der Waals surface area contributed by atoms with Gasteiger partial charge in [-0.25, -0.2) is 0 Å². The molecule has 0 aliphatic rings. The number of fused-ring (bicyclic) bond motifs is 1. The number of amides is 2. The van der Waals surface area contributed by atoms with Gasteiger partial charge in [0.05, 0.1) is 25.3 Å². The topological polar surface area (TPSA) is 156 Å². The van der Waals surface area contributed by atoms with Gasteiger partial charge in [-0.3, -0.25) is 19.2 Å². The van der Waals surface area contributed by atoms with Crippen LogP contribution in [0, 0.1) is 6.92 Å². The van der Waals surface area contributed by atoms with E-state index in [1.165, 1.54) is 18.8 Å². The van der Waals surface area contributed by atoms with Gasteiger partial charge in [0.1, 0.15) is 23.7 Å². The van der Waals surface area contributed by atoms with Crippen molar-refractivity contribution in [3.8, 4) is 11.5 Å². The van der Waals surface area contributed by atoms with Crippen LogP contribution in [0.1, 0.15) is 60.6 Å². The molecule has 11 nitrogen and oxygen atoms in total. The number of carbonyl (C=O) groups is 4. The van der Waals surface area contributed by atoms with Gasteiger partial charge >= 0.3 is 11.9 Å². The van der Waals surface area contributed by atoms with Crippen molar-refractivity contribution in [2.75, 3.05) is 20.8 Å². The number of benzene rings is 2. The smallest absolute Gasteiger partial charge is 0.323 e. The summed E-state index contributed by atoms with van der Waals surface area (Å²) in [5.41, 5.74) is 1.26. The number of carboxylic acids is 2. The highest BCUT2D eigenvalue weighted by Crippen LogP contribution is 2.41. The summed E-state index contributed by atoms with van der Waals surface area (Å²) < 4.78 is 12.9. The maximum Gasteiger partial charge on any atom is 0.323 e. The fourth-order valence-electron chi connectivity index (χ4n) is 5.01. The van der Waals surface area contributed by atoms with Gasteiger partial charge in [0.25, 0.3) is 5.91 Å². The number of hydrogen-bond donors (Lipinski definition) is 4. The van der Waals surface area contributed by atoms with E-state index >= 15 is 0 Å². The molecule has 4 N–H and O–H groups in total. The fraction of sp³-hybridized carbons (Fsp3) is 0.400. The summed E-state index contributed by atoms with van der Waals surface area (Å²) >= 11 is 0. The van der Waals surface area contributed by atoms with Crippen molar-refractivity contribution < 1.29 is 38.9 Å². The lowest BCUT2D eigenvalue weighted by Crippen LogP contribution is -2.45. The molecular weight excluding hydrogens is 530 g/mol. The number of para-hydroxylation sites is 1. The monoisotopic (exact) mass is 567 g/mol. The molecule has 0 saturated heterocycles. The van der Waals surface area contributed by atoms with Gasteiger partial charge < -0.3 is 34.9 Å². The fourth-order valence-corrected chi connectivity index (χ4v) is 5.01. The molecule has 11 heteroatoms. The van der Waals surface area contributed by atoms with Crippen LogP contribution in [0.2, 0.25) is 0 Å². The maximum atomic E-state index is 13.9. The molecule has 0 aliphatic heterocycles. The lowest BCUT2D eigenvalue weighted by Gasteiger charge is -2.34. The molecule has 1 aromatic heterocycles. The van der Waals surface area contributed by atoms with Crippen LogP contribution in [-0.4, -0.2) is 59.3 Å². The molecule has 0 radical (unpaired) electrons. The Bertz CT molecular complexity index is 1410. The first-order valence-electron chi connectivity index (χ1n) is 13.3. The van der Waals surface area contributed by atoms with Gasteiger partial charge in [0.15, 0.2) is 0 Å². The van der Waals surface area contributed by atoms with E-state index in [4.69, 9.17) is 14.6 Å². The molecule has 0 unspecified atom stereocenters. The molecule has 0 saturated carbocycles. The highest BCUT2D eigenvalue weighted by atomic mass is 16.5. The standard InChI is InChI=1S/C30H37N3O8/c1-19-15-23(40-3)28(24(16-19)41-4)30(2,13-8-14-31-25(34)11-7-12-26(35)36)32-29(39)22-17-20-9-5-6-10-21(20)33(22)18-27(37)38/h5-6,9-10,15-17H,7-8,11-14,18H2,1-4H3,(H,31,34)(H,32,39)(H,35,36)(H,37,38)/t30-/m1/s1. The van der Waals surface area contributed by atoms with Crippen molar-refractivity contribution in [1.29, 1.82) is 0 Å². The number of aliphatic carboxylic acids is 2. The number of aromatic nitrogens is 1. The van der Waals surface area contributed by atoms with E-state index in [-0.39, 0.29) is 30.9 Å². The SMILES string of the molecule is COc1cc(C)cc(OC)c1[C@@](C)(CCCNC(=O)CCCC(=O)O)NC(=O)c1cc2ccccc2n1CC(=O)O.